The molecule has 0 bridgehead atoms. The van der Waals surface area contributed by atoms with Gasteiger partial charge in [0, 0.05) is 28.7 Å². The highest BCUT2D eigenvalue weighted by Gasteiger charge is 2.08. The molecule has 0 saturated heterocycles. The number of thiophene rings is 1. The second kappa shape index (κ2) is 10.5. The van der Waals surface area contributed by atoms with Crippen LogP contribution in [0.25, 0.3) is 10.6 Å². The molecule has 0 aliphatic rings. The van der Waals surface area contributed by atoms with Gasteiger partial charge in [-0.25, -0.2) is 9.97 Å². The van der Waals surface area contributed by atoms with E-state index in [-0.39, 0.29) is 24.0 Å². The molecule has 0 saturated carbocycles. The molecule has 9 heteroatoms. The minimum Gasteiger partial charge on any atom is -0.356 e. The summed E-state index contributed by atoms with van der Waals surface area (Å²) in [5.41, 5.74) is 2.18. The largest absolute Gasteiger partial charge is 0.356 e. The van der Waals surface area contributed by atoms with E-state index in [4.69, 9.17) is 0 Å². The van der Waals surface area contributed by atoms with Gasteiger partial charge in [-0.15, -0.1) is 58.0 Å². The summed E-state index contributed by atoms with van der Waals surface area (Å²) >= 11 is 5.24. The topological polar surface area (TPSA) is 62.2 Å². The molecule has 146 valence electrons. The number of aromatic nitrogens is 2. The summed E-state index contributed by atoms with van der Waals surface area (Å²) in [6.07, 6.45) is 0.965. The summed E-state index contributed by atoms with van der Waals surface area (Å²) in [6.45, 7) is 7.73. The van der Waals surface area contributed by atoms with Crippen molar-refractivity contribution in [2.75, 3.05) is 13.6 Å². The zero-order valence-corrected chi connectivity index (χ0v) is 20.6. The molecular formula is C18H24IN5S3. The first kappa shape index (κ1) is 22.3. The number of nitrogens with one attached hydrogen (secondary N) is 2. The molecule has 3 heterocycles. The highest BCUT2D eigenvalue weighted by atomic mass is 127. The van der Waals surface area contributed by atoms with Gasteiger partial charge in [-0.05, 0) is 39.3 Å². The molecule has 0 aliphatic heterocycles. The number of nitrogens with zero attached hydrogens (tertiary/aromatic N) is 3. The van der Waals surface area contributed by atoms with Crippen LogP contribution in [0.1, 0.15) is 25.5 Å². The Morgan fingerprint density at radius 1 is 1.07 bits per heavy atom. The third-order valence-corrected chi connectivity index (χ3v) is 6.85. The normalized spacial score (nSPS) is 11.3. The van der Waals surface area contributed by atoms with Crippen molar-refractivity contribution in [3.63, 3.8) is 0 Å². The van der Waals surface area contributed by atoms with Crippen molar-refractivity contribution in [1.82, 2.24) is 20.6 Å². The molecule has 0 atom stereocenters. The van der Waals surface area contributed by atoms with Crippen LogP contribution in [-0.2, 0) is 13.0 Å². The van der Waals surface area contributed by atoms with Gasteiger partial charge in [0.15, 0.2) is 5.96 Å². The SMILES string of the molecule is CN=C(NCCc1ccc(-c2csc(C)n2)s1)NCc1sc(C)nc1C.I. The maximum atomic E-state index is 4.56. The van der Waals surface area contributed by atoms with Crippen LogP contribution < -0.4 is 10.6 Å². The lowest BCUT2D eigenvalue weighted by Gasteiger charge is -2.10. The molecule has 3 aromatic rings. The molecule has 0 radical (unpaired) electrons. The Bertz CT molecular complexity index is 897. The second-order valence-electron chi connectivity index (χ2n) is 5.86. The lowest BCUT2D eigenvalue weighted by Crippen LogP contribution is -2.37. The average Bonchev–Trinajstić information content (AvgIpc) is 3.31. The van der Waals surface area contributed by atoms with Crippen molar-refractivity contribution in [2.24, 2.45) is 4.99 Å². The molecule has 3 aromatic heterocycles. The highest BCUT2D eigenvalue weighted by Crippen LogP contribution is 2.29. The Labute approximate surface area is 189 Å². The Morgan fingerprint density at radius 2 is 1.89 bits per heavy atom. The van der Waals surface area contributed by atoms with E-state index in [1.165, 1.54) is 14.6 Å². The summed E-state index contributed by atoms with van der Waals surface area (Å²) in [6, 6.07) is 4.35. The van der Waals surface area contributed by atoms with Gasteiger partial charge in [0.25, 0.3) is 0 Å². The number of hydrogen-bond donors (Lipinski definition) is 2. The lowest BCUT2D eigenvalue weighted by atomic mass is 10.3. The zero-order chi connectivity index (χ0) is 18.5. The van der Waals surface area contributed by atoms with E-state index >= 15 is 0 Å². The molecule has 27 heavy (non-hydrogen) atoms. The molecule has 3 rings (SSSR count). The summed E-state index contributed by atoms with van der Waals surface area (Å²) in [4.78, 5) is 17.2. The van der Waals surface area contributed by atoms with Gasteiger partial charge in [0.1, 0.15) is 0 Å². The average molecular weight is 534 g/mol. The molecule has 0 fully saturated rings. The first-order valence-corrected chi connectivity index (χ1v) is 10.9. The van der Waals surface area contributed by atoms with Crippen LogP contribution in [-0.4, -0.2) is 29.5 Å². The third kappa shape index (κ3) is 6.23. The number of aryl methyl sites for hydroxylation is 3. The van der Waals surface area contributed by atoms with Gasteiger partial charge in [0.05, 0.1) is 32.8 Å². The monoisotopic (exact) mass is 533 g/mol. The van der Waals surface area contributed by atoms with Gasteiger partial charge >= 0.3 is 0 Å². The summed E-state index contributed by atoms with van der Waals surface area (Å²) < 4.78 is 0. The molecule has 0 unspecified atom stereocenters. The number of guanidine groups is 1. The van der Waals surface area contributed by atoms with Gasteiger partial charge in [-0.1, -0.05) is 0 Å². The molecular weight excluding hydrogens is 509 g/mol. The third-order valence-electron chi connectivity index (χ3n) is 3.84. The van der Waals surface area contributed by atoms with Crippen LogP contribution in [0, 0.1) is 20.8 Å². The predicted octanol–water partition coefficient (Wildman–Crippen LogP) is 4.78. The van der Waals surface area contributed by atoms with Gasteiger partial charge in [-0.3, -0.25) is 4.99 Å². The van der Waals surface area contributed by atoms with Gasteiger partial charge < -0.3 is 10.6 Å². The molecule has 0 amide bonds. The van der Waals surface area contributed by atoms with E-state index in [2.05, 4.69) is 50.0 Å². The highest BCUT2D eigenvalue weighted by molar-refractivity contribution is 14.0. The van der Waals surface area contributed by atoms with E-state index in [9.17, 15) is 0 Å². The van der Waals surface area contributed by atoms with Gasteiger partial charge in [0.2, 0.25) is 0 Å². The van der Waals surface area contributed by atoms with Crippen molar-refractivity contribution in [1.29, 1.82) is 0 Å². The number of aliphatic imine (C=N–C) groups is 1. The molecule has 2 N–H and O–H groups in total. The number of rotatable bonds is 6. The number of thiazole rings is 2. The van der Waals surface area contributed by atoms with Crippen LogP contribution >= 0.6 is 58.0 Å². The molecule has 5 nitrogen and oxygen atoms in total. The molecule has 0 aliphatic carbocycles. The zero-order valence-electron chi connectivity index (χ0n) is 15.8. The van der Waals surface area contributed by atoms with Crippen molar-refractivity contribution in [2.45, 2.75) is 33.7 Å². The Morgan fingerprint density at radius 3 is 2.52 bits per heavy atom. The van der Waals surface area contributed by atoms with E-state index < -0.39 is 0 Å². The minimum atomic E-state index is 0. The predicted molar refractivity (Wildman–Crippen MR) is 129 cm³/mol. The fraction of sp³-hybridized carbons (Fsp3) is 0.389. The van der Waals surface area contributed by atoms with Crippen molar-refractivity contribution >= 4 is 63.9 Å². The standard InChI is InChI=1S/C18H23N5S3.HI/c1-11-17(25-13(3)22-11)9-21-18(19-4)20-8-7-14-5-6-16(26-14)15-10-24-12(2)23-15;/h5-6,10H,7-9H2,1-4H3,(H2,19,20,21);1H. The van der Waals surface area contributed by atoms with Gasteiger partial charge in [-0.2, -0.15) is 0 Å². The first-order valence-electron chi connectivity index (χ1n) is 8.44. The Hall–Kier alpha value is -1.04. The van der Waals surface area contributed by atoms with Crippen LogP contribution in [0.2, 0.25) is 0 Å². The summed E-state index contributed by atoms with van der Waals surface area (Å²) in [5.74, 6) is 0.822. The number of hydrogen-bond acceptors (Lipinski definition) is 6. The number of halogens is 1. The maximum absolute atomic E-state index is 4.56. The Balaban J connectivity index is 0.00000261. The lowest BCUT2D eigenvalue weighted by molar-refractivity contribution is 0.801. The summed E-state index contributed by atoms with van der Waals surface area (Å²) in [7, 11) is 1.80. The van der Waals surface area contributed by atoms with Crippen LogP contribution in [0.15, 0.2) is 22.5 Å². The second-order valence-corrected chi connectivity index (χ2v) is 9.38. The van der Waals surface area contributed by atoms with Crippen molar-refractivity contribution in [3.05, 3.63) is 43.0 Å². The smallest absolute Gasteiger partial charge is 0.191 e. The molecule has 0 spiro atoms. The first-order chi connectivity index (χ1) is 12.5. The minimum absolute atomic E-state index is 0. The van der Waals surface area contributed by atoms with E-state index in [1.54, 1.807) is 29.7 Å². The van der Waals surface area contributed by atoms with Crippen LogP contribution in [0.3, 0.4) is 0 Å². The maximum Gasteiger partial charge on any atom is 0.191 e. The fourth-order valence-corrected chi connectivity index (χ4v) is 5.09. The van der Waals surface area contributed by atoms with E-state index in [0.29, 0.717) is 0 Å². The van der Waals surface area contributed by atoms with Crippen molar-refractivity contribution in [3.8, 4) is 10.6 Å². The van der Waals surface area contributed by atoms with E-state index in [0.717, 1.165) is 46.9 Å². The summed E-state index contributed by atoms with van der Waals surface area (Å²) in [5, 5.41) is 11.1. The van der Waals surface area contributed by atoms with Crippen LogP contribution in [0.4, 0.5) is 0 Å². The fourth-order valence-electron chi connectivity index (χ4n) is 2.55. The van der Waals surface area contributed by atoms with E-state index in [1.807, 2.05) is 25.2 Å². The molecule has 0 aromatic carbocycles. The van der Waals surface area contributed by atoms with Crippen LogP contribution in [0.5, 0.6) is 0 Å². The van der Waals surface area contributed by atoms with Crippen molar-refractivity contribution < 1.29 is 0 Å². The Kier molecular flexibility index (Phi) is 8.64. The quantitative estimate of drug-likeness (QED) is 0.272.